The molecule has 0 radical (unpaired) electrons. The summed E-state index contributed by atoms with van der Waals surface area (Å²) in [7, 11) is 0. The number of hydrogen-bond donors (Lipinski definition) is 7. The Morgan fingerprint density at radius 1 is 1.40 bits per heavy atom. The van der Waals surface area contributed by atoms with Gasteiger partial charge in [-0.25, -0.2) is 19.2 Å². The van der Waals surface area contributed by atoms with Crippen LogP contribution < -0.4 is 0 Å². The number of ether oxygens (including phenoxy) is 1. The Balaban J connectivity index is 2.34. The number of nitrogens with zero attached hydrogens (tertiary/aromatic N) is 3. The number of H-pyrrole nitrogens is 1. The molecule has 2 aromatic heterocycles. The van der Waals surface area contributed by atoms with Gasteiger partial charge in [-0.1, -0.05) is 13.8 Å². The summed E-state index contributed by atoms with van der Waals surface area (Å²) in [5, 5.41) is 60.8. The number of nitrogens with one attached hydrogen (secondary N) is 1. The minimum Gasteiger partial charge on any atom is -0.394 e. The largest absolute Gasteiger partial charge is 0.394 e. The van der Waals surface area contributed by atoms with Crippen molar-refractivity contribution in [2.75, 3.05) is 6.61 Å². The zero-order valence-corrected chi connectivity index (χ0v) is 17.1. The molecule has 1 saturated heterocycles. The van der Waals surface area contributed by atoms with Gasteiger partial charge in [0.25, 0.3) is 11.6 Å². The van der Waals surface area contributed by atoms with Gasteiger partial charge in [-0.3, -0.25) is 4.79 Å². The van der Waals surface area contributed by atoms with Gasteiger partial charge < -0.3 is 40.4 Å². The van der Waals surface area contributed by atoms with E-state index in [0.29, 0.717) is 17.3 Å². The standard InChI is InChI=1S/C15H19ClN4O9S/c1-6(2)30-13(24)8(4-21)28-14(29-16,12(13,23)10(22)15(25,26)27)11-17-3-7-9(20-11)19-5-18-7/h3,5-6,8,21,23-27H,4H2,1-2H3,(H,17,18,19,20)/t8-,12+,13+,14-/m1/s1. The molecule has 0 aromatic carbocycles. The summed E-state index contributed by atoms with van der Waals surface area (Å²) >= 11 is 6.11. The van der Waals surface area contributed by atoms with E-state index >= 15 is 0 Å². The molecule has 1 aliphatic rings. The highest BCUT2D eigenvalue weighted by molar-refractivity contribution is 8.01. The van der Waals surface area contributed by atoms with Crippen molar-refractivity contribution in [2.24, 2.45) is 0 Å². The zero-order chi connectivity index (χ0) is 22.5. The Morgan fingerprint density at radius 2 is 2.07 bits per heavy atom. The van der Waals surface area contributed by atoms with Gasteiger partial charge in [0, 0.05) is 5.25 Å². The third kappa shape index (κ3) is 3.12. The molecule has 1 aliphatic heterocycles. The molecule has 30 heavy (non-hydrogen) atoms. The fourth-order valence-corrected chi connectivity index (χ4v) is 4.90. The van der Waals surface area contributed by atoms with Crippen LogP contribution in [0.25, 0.3) is 11.2 Å². The average Bonchev–Trinajstić information content (AvgIpc) is 3.20. The maximum absolute atomic E-state index is 12.9. The third-order valence-corrected chi connectivity index (χ3v) is 6.14. The lowest BCUT2D eigenvalue weighted by Crippen LogP contribution is -2.71. The van der Waals surface area contributed by atoms with E-state index < -0.39 is 51.9 Å². The smallest absolute Gasteiger partial charge is 0.342 e. The molecule has 3 rings (SSSR count). The molecular formula is C15H19ClN4O9S. The van der Waals surface area contributed by atoms with Gasteiger partial charge in [-0.15, -0.1) is 11.8 Å². The van der Waals surface area contributed by atoms with Crippen LogP contribution >= 0.6 is 23.6 Å². The molecule has 0 spiro atoms. The second-order valence-electron chi connectivity index (χ2n) is 6.85. The van der Waals surface area contributed by atoms with Crippen molar-refractivity contribution in [3.8, 4) is 0 Å². The number of aliphatic hydroxyl groups is 6. The number of ketones is 1. The first-order valence-corrected chi connectivity index (χ1v) is 9.65. The Labute approximate surface area is 177 Å². The maximum Gasteiger partial charge on any atom is 0.342 e. The van der Waals surface area contributed by atoms with E-state index in [1.807, 2.05) is 0 Å². The number of carbonyl (C=O) groups is 1. The molecule has 4 atom stereocenters. The molecular weight excluding hydrogens is 448 g/mol. The van der Waals surface area contributed by atoms with Gasteiger partial charge in [0.1, 0.15) is 11.6 Å². The van der Waals surface area contributed by atoms with Crippen molar-refractivity contribution >= 4 is 40.6 Å². The van der Waals surface area contributed by atoms with Gasteiger partial charge in [0.15, 0.2) is 16.4 Å². The topological polar surface area (TPSA) is 211 Å². The van der Waals surface area contributed by atoms with Gasteiger partial charge in [-0.2, -0.15) is 0 Å². The van der Waals surface area contributed by atoms with Crippen LogP contribution in [0.3, 0.4) is 0 Å². The fourth-order valence-electron chi connectivity index (χ4n) is 3.29. The summed E-state index contributed by atoms with van der Waals surface area (Å²) in [5.74, 6) is -9.98. The molecule has 2 aromatic rings. The number of imidazole rings is 1. The highest BCUT2D eigenvalue weighted by Crippen LogP contribution is 2.59. The molecule has 0 bridgehead atoms. The Bertz CT molecular complexity index is 956. The van der Waals surface area contributed by atoms with Crippen LogP contribution in [-0.4, -0.2) is 90.8 Å². The lowest BCUT2D eigenvalue weighted by Gasteiger charge is -2.43. The molecule has 3 heterocycles. The molecule has 7 N–H and O–H groups in total. The number of rotatable bonds is 7. The van der Waals surface area contributed by atoms with E-state index in [4.69, 9.17) is 20.9 Å². The summed E-state index contributed by atoms with van der Waals surface area (Å²) in [6.45, 7) is 2.16. The second-order valence-corrected chi connectivity index (χ2v) is 8.81. The number of carbonyl (C=O) groups excluding carboxylic acids is 1. The van der Waals surface area contributed by atoms with Crippen molar-refractivity contribution < 1.29 is 44.5 Å². The summed E-state index contributed by atoms with van der Waals surface area (Å²) in [6, 6.07) is 0. The van der Waals surface area contributed by atoms with Gasteiger partial charge in [0.2, 0.25) is 5.60 Å². The monoisotopic (exact) mass is 466 g/mol. The van der Waals surface area contributed by atoms with E-state index in [2.05, 4.69) is 19.9 Å². The van der Waals surface area contributed by atoms with E-state index in [-0.39, 0.29) is 5.65 Å². The van der Waals surface area contributed by atoms with Gasteiger partial charge in [0.05, 0.1) is 31.0 Å². The van der Waals surface area contributed by atoms with E-state index in [0.717, 1.165) is 0 Å². The van der Waals surface area contributed by atoms with Crippen molar-refractivity contribution in [1.29, 1.82) is 0 Å². The maximum atomic E-state index is 12.9. The Kier molecular flexibility index (Phi) is 5.88. The van der Waals surface area contributed by atoms with Crippen LogP contribution in [0.5, 0.6) is 0 Å². The number of thioether (sulfide) groups is 1. The van der Waals surface area contributed by atoms with E-state index in [1.54, 1.807) is 13.8 Å². The van der Waals surface area contributed by atoms with E-state index in [9.17, 15) is 35.4 Å². The predicted molar refractivity (Wildman–Crippen MR) is 99.3 cm³/mol. The molecule has 0 amide bonds. The Hall–Kier alpha value is -1.46. The van der Waals surface area contributed by atoms with Crippen LogP contribution in [0.15, 0.2) is 12.5 Å². The first kappa shape index (κ1) is 23.2. The molecule has 0 saturated carbocycles. The molecule has 15 heteroatoms. The molecule has 166 valence electrons. The number of aromatic nitrogens is 4. The number of Topliss-reactive ketones (excluding diaryl/α,β-unsaturated/α-hetero) is 1. The normalized spacial score (nSPS) is 32.3. The molecule has 1 fully saturated rings. The zero-order valence-electron chi connectivity index (χ0n) is 15.6. The summed E-state index contributed by atoms with van der Waals surface area (Å²) in [6.07, 6.45) is 0.659. The van der Waals surface area contributed by atoms with Crippen molar-refractivity contribution in [3.05, 3.63) is 18.3 Å². The van der Waals surface area contributed by atoms with Crippen LogP contribution in [-0.2, 0) is 19.6 Å². The number of halogens is 1. The van der Waals surface area contributed by atoms with Crippen molar-refractivity contribution in [3.63, 3.8) is 0 Å². The lowest BCUT2D eigenvalue weighted by molar-refractivity contribution is -0.318. The first-order chi connectivity index (χ1) is 13.9. The molecule has 13 nitrogen and oxygen atoms in total. The van der Waals surface area contributed by atoms with Crippen LogP contribution in [0.2, 0.25) is 0 Å². The highest BCUT2D eigenvalue weighted by atomic mass is 35.5. The number of aliphatic hydroxyl groups excluding tert-OH is 1. The van der Waals surface area contributed by atoms with Gasteiger partial charge in [-0.05, 0) is 0 Å². The Morgan fingerprint density at radius 3 is 2.60 bits per heavy atom. The fraction of sp³-hybridized carbons (Fsp3) is 0.600. The lowest BCUT2D eigenvalue weighted by atomic mass is 9.81. The van der Waals surface area contributed by atoms with E-state index in [1.165, 1.54) is 12.5 Å². The SMILES string of the molecule is CC(C)S[C@@]1(O)[C@@H](CO)O[C@@](OCl)(c2ncc3[nH]cnc3n2)[C@]1(O)C(=O)C(O)(O)O. The third-order valence-electron chi connectivity index (χ3n) is 4.53. The van der Waals surface area contributed by atoms with Crippen molar-refractivity contribution in [2.45, 2.75) is 47.5 Å². The number of aromatic amines is 1. The molecule has 0 unspecified atom stereocenters. The van der Waals surface area contributed by atoms with Gasteiger partial charge >= 0.3 is 5.97 Å². The summed E-state index contributed by atoms with van der Waals surface area (Å²) in [5.41, 5.74) is -3.18. The summed E-state index contributed by atoms with van der Waals surface area (Å²) in [4.78, 5) is 24.5. The van der Waals surface area contributed by atoms with Crippen LogP contribution in [0, 0.1) is 0 Å². The second kappa shape index (κ2) is 7.59. The van der Waals surface area contributed by atoms with Crippen molar-refractivity contribution in [1.82, 2.24) is 19.9 Å². The average molecular weight is 467 g/mol. The first-order valence-electron chi connectivity index (χ1n) is 8.47. The quantitative estimate of drug-likeness (QED) is 0.217. The summed E-state index contributed by atoms with van der Waals surface area (Å²) < 4.78 is 10.2. The minimum absolute atomic E-state index is 0.0160. The minimum atomic E-state index is -4.16. The molecule has 0 aliphatic carbocycles. The van der Waals surface area contributed by atoms with Crippen LogP contribution in [0.4, 0.5) is 0 Å². The predicted octanol–water partition coefficient (Wildman–Crippen LogP) is -2.17. The van der Waals surface area contributed by atoms with Crippen LogP contribution in [0.1, 0.15) is 19.7 Å². The number of fused-ring (bicyclic) bond motifs is 1. The number of hydrogen-bond acceptors (Lipinski definition) is 13. The highest BCUT2D eigenvalue weighted by Gasteiger charge is 2.82.